The van der Waals surface area contributed by atoms with Crippen molar-refractivity contribution in [2.75, 3.05) is 6.61 Å². The van der Waals surface area contributed by atoms with E-state index >= 15 is 0 Å². The molecule has 0 bridgehead atoms. The average molecular weight is 309 g/mol. The minimum atomic E-state index is 0.234. The van der Waals surface area contributed by atoms with E-state index in [4.69, 9.17) is 9.84 Å². The van der Waals surface area contributed by atoms with Gasteiger partial charge in [0.05, 0.1) is 0 Å². The van der Waals surface area contributed by atoms with Crippen molar-refractivity contribution in [2.24, 2.45) is 5.92 Å². The minimum Gasteiger partial charge on any atom is -0.489 e. The Labute approximate surface area is 137 Å². The lowest BCUT2D eigenvalue weighted by molar-refractivity contribution is 0.246. The zero-order valence-corrected chi connectivity index (χ0v) is 13.2. The minimum absolute atomic E-state index is 0.234. The Bertz CT molecular complexity index is 639. The van der Waals surface area contributed by atoms with Crippen molar-refractivity contribution in [1.82, 2.24) is 5.32 Å². The highest BCUT2D eigenvalue weighted by molar-refractivity contribution is 5.29. The molecule has 0 spiro atoms. The first-order valence-corrected chi connectivity index (χ1v) is 8.12. The van der Waals surface area contributed by atoms with Crippen LogP contribution in [0.5, 0.6) is 5.75 Å². The van der Waals surface area contributed by atoms with Gasteiger partial charge in [0.25, 0.3) is 0 Å². The van der Waals surface area contributed by atoms with E-state index < -0.39 is 0 Å². The van der Waals surface area contributed by atoms with Crippen LogP contribution in [0.1, 0.15) is 17.5 Å². The van der Waals surface area contributed by atoms with Crippen LogP contribution in [-0.2, 0) is 13.2 Å². The Kier molecular flexibility index (Phi) is 5.46. The molecule has 0 amide bonds. The van der Waals surface area contributed by atoms with Gasteiger partial charge in [-0.25, -0.2) is 0 Å². The number of aliphatic hydroxyl groups is 1. The van der Waals surface area contributed by atoms with Crippen LogP contribution in [0.3, 0.4) is 0 Å². The highest BCUT2D eigenvalue weighted by Gasteiger charge is 2.17. The van der Waals surface area contributed by atoms with E-state index in [1.165, 1.54) is 11.1 Å². The first-order chi connectivity index (χ1) is 11.3. The average Bonchev–Trinajstić information content (AvgIpc) is 3.08. The molecule has 0 aromatic heterocycles. The maximum absolute atomic E-state index is 9.16. The third-order valence-electron chi connectivity index (χ3n) is 4.12. The monoisotopic (exact) mass is 309 g/mol. The van der Waals surface area contributed by atoms with Gasteiger partial charge < -0.3 is 15.2 Å². The van der Waals surface area contributed by atoms with Gasteiger partial charge in [0.1, 0.15) is 12.4 Å². The molecule has 2 aromatic carbocycles. The lowest BCUT2D eigenvalue weighted by Crippen LogP contribution is -2.26. The fraction of sp³-hybridized carbons (Fsp3) is 0.300. The molecule has 1 aliphatic rings. The smallest absolute Gasteiger partial charge is 0.120 e. The van der Waals surface area contributed by atoms with Crippen molar-refractivity contribution in [3.8, 4) is 5.75 Å². The Balaban J connectivity index is 1.50. The molecular weight excluding hydrogens is 286 g/mol. The quantitative estimate of drug-likeness (QED) is 0.771. The van der Waals surface area contributed by atoms with Gasteiger partial charge >= 0.3 is 0 Å². The summed E-state index contributed by atoms with van der Waals surface area (Å²) in [5.41, 5.74) is 2.37. The van der Waals surface area contributed by atoms with Crippen LogP contribution in [0.4, 0.5) is 0 Å². The van der Waals surface area contributed by atoms with E-state index in [9.17, 15) is 0 Å². The maximum atomic E-state index is 9.16. The fourth-order valence-corrected chi connectivity index (χ4v) is 2.80. The normalized spacial score (nSPS) is 19.9. The molecule has 2 atom stereocenters. The second kappa shape index (κ2) is 7.95. The number of nitrogens with one attached hydrogen (secondary N) is 1. The topological polar surface area (TPSA) is 41.5 Å². The first kappa shape index (κ1) is 15.8. The number of benzene rings is 2. The molecule has 120 valence electrons. The molecule has 0 unspecified atom stereocenters. The van der Waals surface area contributed by atoms with Crippen molar-refractivity contribution in [3.05, 3.63) is 77.9 Å². The SMILES string of the molecule is OC[C@H]1C=C[C@@H](NCc2cccc(OCc3ccccc3)c2)C1. The summed E-state index contributed by atoms with van der Waals surface area (Å²) >= 11 is 0. The second-order valence-electron chi connectivity index (χ2n) is 5.97. The summed E-state index contributed by atoms with van der Waals surface area (Å²) in [6, 6.07) is 18.7. The van der Waals surface area contributed by atoms with E-state index in [2.05, 4.69) is 41.7 Å². The lowest BCUT2D eigenvalue weighted by atomic mass is 10.1. The molecule has 2 aromatic rings. The van der Waals surface area contributed by atoms with Gasteiger partial charge in [-0.3, -0.25) is 0 Å². The van der Waals surface area contributed by atoms with Crippen LogP contribution in [0.25, 0.3) is 0 Å². The Hall–Kier alpha value is -2.10. The van der Waals surface area contributed by atoms with Gasteiger partial charge in [0, 0.05) is 25.1 Å². The van der Waals surface area contributed by atoms with E-state index in [-0.39, 0.29) is 6.61 Å². The fourth-order valence-electron chi connectivity index (χ4n) is 2.80. The summed E-state index contributed by atoms with van der Waals surface area (Å²) in [5.74, 6) is 1.19. The molecule has 0 heterocycles. The maximum Gasteiger partial charge on any atom is 0.120 e. The number of ether oxygens (including phenoxy) is 1. The van der Waals surface area contributed by atoms with E-state index in [1.54, 1.807) is 0 Å². The Morgan fingerprint density at radius 1 is 1.00 bits per heavy atom. The van der Waals surface area contributed by atoms with Crippen molar-refractivity contribution in [3.63, 3.8) is 0 Å². The molecule has 3 heteroatoms. The van der Waals surface area contributed by atoms with Crippen molar-refractivity contribution in [1.29, 1.82) is 0 Å². The number of rotatable bonds is 7. The van der Waals surface area contributed by atoms with Crippen molar-refractivity contribution >= 4 is 0 Å². The number of hydrogen-bond acceptors (Lipinski definition) is 3. The Morgan fingerprint density at radius 3 is 2.61 bits per heavy atom. The van der Waals surface area contributed by atoms with Gasteiger partial charge in [-0.2, -0.15) is 0 Å². The highest BCUT2D eigenvalue weighted by Crippen LogP contribution is 2.19. The van der Waals surface area contributed by atoms with Crippen LogP contribution in [0.15, 0.2) is 66.7 Å². The standard InChI is InChI=1S/C20H23NO2/c22-14-18-9-10-19(11-18)21-13-17-7-4-8-20(12-17)23-15-16-5-2-1-3-6-16/h1-10,12,18-19,21-22H,11,13-15H2/t18-,19+/m0/s1. The zero-order chi connectivity index (χ0) is 15.9. The summed E-state index contributed by atoms with van der Waals surface area (Å²) in [4.78, 5) is 0. The largest absolute Gasteiger partial charge is 0.489 e. The molecule has 3 rings (SSSR count). The summed E-state index contributed by atoms with van der Waals surface area (Å²) in [6.45, 7) is 1.62. The molecule has 0 fully saturated rings. The molecule has 0 saturated carbocycles. The molecule has 0 radical (unpaired) electrons. The third kappa shape index (κ3) is 4.68. The van der Waals surface area contributed by atoms with Crippen LogP contribution in [-0.4, -0.2) is 17.8 Å². The Morgan fingerprint density at radius 2 is 1.83 bits per heavy atom. The molecular formula is C20H23NO2. The molecule has 1 aliphatic carbocycles. The molecule has 0 aliphatic heterocycles. The van der Waals surface area contributed by atoms with Crippen LogP contribution in [0, 0.1) is 5.92 Å². The molecule has 2 N–H and O–H groups in total. The first-order valence-electron chi connectivity index (χ1n) is 8.12. The van der Waals surface area contributed by atoms with E-state index in [0.717, 1.165) is 18.7 Å². The van der Waals surface area contributed by atoms with Gasteiger partial charge in [0.2, 0.25) is 0 Å². The summed E-state index contributed by atoms with van der Waals surface area (Å²) in [7, 11) is 0. The predicted molar refractivity (Wildman–Crippen MR) is 92.2 cm³/mol. The van der Waals surface area contributed by atoms with E-state index in [1.807, 2.05) is 30.3 Å². The van der Waals surface area contributed by atoms with Gasteiger partial charge in [0.15, 0.2) is 0 Å². The third-order valence-corrected chi connectivity index (χ3v) is 4.12. The number of aliphatic hydroxyl groups excluding tert-OH is 1. The second-order valence-corrected chi connectivity index (χ2v) is 5.97. The van der Waals surface area contributed by atoms with Crippen molar-refractivity contribution in [2.45, 2.75) is 25.6 Å². The van der Waals surface area contributed by atoms with Gasteiger partial charge in [-0.05, 0) is 29.7 Å². The zero-order valence-electron chi connectivity index (χ0n) is 13.2. The van der Waals surface area contributed by atoms with Crippen LogP contribution < -0.4 is 10.1 Å². The lowest BCUT2D eigenvalue weighted by Gasteiger charge is -2.13. The van der Waals surface area contributed by atoms with E-state index in [0.29, 0.717) is 18.6 Å². The van der Waals surface area contributed by atoms with Gasteiger partial charge in [-0.15, -0.1) is 0 Å². The summed E-state index contributed by atoms with van der Waals surface area (Å²) in [5, 5.41) is 12.7. The summed E-state index contributed by atoms with van der Waals surface area (Å²) < 4.78 is 5.86. The highest BCUT2D eigenvalue weighted by atomic mass is 16.5. The molecule has 23 heavy (non-hydrogen) atoms. The predicted octanol–water partition coefficient (Wildman–Crippen LogP) is 3.29. The number of hydrogen-bond donors (Lipinski definition) is 2. The van der Waals surface area contributed by atoms with Crippen molar-refractivity contribution < 1.29 is 9.84 Å². The molecule has 3 nitrogen and oxygen atoms in total. The van der Waals surface area contributed by atoms with Gasteiger partial charge in [-0.1, -0.05) is 54.6 Å². The van der Waals surface area contributed by atoms with Crippen LogP contribution in [0.2, 0.25) is 0 Å². The molecule has 0 saturated heterocycles. The summed E-state index contributed by atoms with van der Waals surface area (Å²) in [6.07, 6.45) is 5.22. The van der Waals surface area contributed by atoms with Crippen LogP contribution >= 0.6 is 0 Å².